The summed E-state index contributed by atoms with van der Waals surface area (Å²) < 4.78 is 6.31. The first-order valence-electron chi connectivity index (χ1n) is 4.86. The van der Waals surface area contributed by atoms with Gasteiger partial charge in [-0.15, -0.1) is 0 Å². The minimum absolute atomic E-state index is 0.507. The van der Waals surface area contributed by atoms with Crippen LogP contribution in [0.25, 0.3) is 11.5 Å². The van der Waals surface area contributed by atoms with Crippen LogP contribution in [0.15, 0.2) is 28.8 Å². The molecule has 0 fully saturated rings. The molecule has 0 unspecified atom stereocenters. The average Bonchev–Trinajstić information content (AvgIpc) is 2.65. The first-order chi connectivity index (χ1) is 7.47. The number of rotatable bonds is 2. The maximum atomic E-state index is 5.89. The largest absolute Gasteiger partial charge is 0.334 e. The van der Waals surface area contributed by atoms with E-state index in [1.165, 1.54) is 0 Å². The van der Waals surface area contributed by atoms with Crippen LogP contribution in [0.5, 0.6) is 0 Å². The molecule has 2 aromatic rings. The fourth-order valence-corrected chi connectivity index (χ4v) is 1.77. The zero-order chi connectivity index (χ0) is 11.8. The summed E-state index contributed by atoms with van der Waals surface area (Å²) in [5.74, 6) is 1.02. The van der Waals surface area contributed by atoms with Gasteiger partial charge in [-0.25, -0.2) is 0 Å². The highest BCUT2D eigenvalue weighted by molar-refractivity contribution is 14.1. The lowest BCUT2D eigenvalue weighted by molar-refractivity contribution is 0.397. The summed E-state index contributed by atoms with van der Waals surface area (Å²) in [5, 5.41) is 3.88. The van der Waals surface area contributed by atoms with E-state index in [1.54, 1.807) is 0 Å². The second-order valence-corrected chi connectivity index (χ2v) is 5.40. The van der Waals surface area contributed by atoms with Crippen molar-refractivity contribution in [2.45, 2.75) is 19.4 Å². The van der Waals surface area contributed by atoms with Crippen LogP contribution in [-0.2, 0) is 5.54 Å². The number of nitrogens with zero attached hydrogens (tertiary/aromatic N) is 2. The van der Waals surface area contributed by atoms with Gasteiger partial charge in [0.05, 0.1) is 5.54 Å². The Morgan fingerprint density at radius 2 is 2.12 bits per heavy atom. The van der Waals surface area contributed by atoms with Crippen LogP contribution in [0.4, 0.5) is 0 Å². The van der Waals surface area contributed by atoms with Gasteiger partial charge in [0.2, 0.25) is 0 Å². The summed E-state index contributed by atoms with van der Waals surface area (Å²) in [7, 11) is 0. The predicted octanol–water partition coefficient (Wildman–Crippen LogP) is 2.54. The van der Waals surface area contributed by atoms with Crippen LogP contribution >= 0.6 is 22.6 Å². The molecule has 0 saturated carbocycles. The third kappa shape index (κ3) is 2.41. The molecule has 0 bridgehead atoms. The lowest BCUT2D eigenvalue weighted by Crippen LogP contribution is -2.30. The smallest absolute Gasteiger partial charge is 0.258 e. The van der Waals surface area contributed by atoms with Crippen molar-refractivity contribution in [3.63, 3.8) is 0 Å². The van der Waals surface area contributed by atoms with E-state index in [2.05, 4.69) is 32.7 Å². The number of benzene rings is 1. The Hall–Kier alpha value is -0.950. The Kier molecular flexibility index (Phi) is 2.98. The third-order valence-corrected chi connectivity index (χ3v) is 2.74. The van der Waals surface area contributed by atoms with Gasteiger partial charge in [0.25, 0.3) is 5.89 Å². The van der Waals surface area contributed by atoms with Crippen LogP contribution in [0, 0.1) is 3.57 Å². The van der Waals surface area contributed by atoms with E-state index in [0.29, 0.717) is 11.7 Å². The molecule has 1 aromatic heterocycles. The van der Waals surface area contributed by atoms with Crippen molar-refractivity contribution in [2.75, 3.05) is 0 Å². The minimum atomic E-state index is -0.580. The number of aromatic nitrogens is 2. The lowest BCUT2D eigenvalue weighted by Gasteiger charge is -2.11. The van der Waals surface area contributed by atoms with E-state index in [1.807, 2.05) is 38.1 Å². The standard InChI is InChI=1S/C11H12IN3O/c1-11(2,13)10-14-9(16-15-10)7-4-3-5-8(12)6-7/h3-6H,13H2,1-2H3. The highest BCUT2D eigenvalue weighted by Crippen LogP contribution is 2.22. The minimum Gasteiger partial charge on any atom is -0.334 e. The molecule has 0 aliphatic carbocycles. The van der Waals surface area contributed by atoms with Gasteiger partial charge in [-0.3, -0.25) is 0 Å². The van der Waals surface area contributed by atoms with Crippen LogP contribution in [0.1, 0.15) is 19.7 Å². The Labute approximate surface area is 107 Å². The topological polar surface area (TPSA) is 64.9 Å². The van der Waals surface area contributed by atoms with Gasteiger partial charge in [-0.05, 0) is 54.6 Å². The van der Waals surface area contributed by atoms with Crippen molar-refractivity contribution in [1.82, 2.24) is 10.1 Å². The highest BCUT2D eigenvalue weighted by atomic mass is 127. The Balaban J connectivity index is 2.39. The molecule has 0 amide bonds. The van der Waals surface area contributed by atoms with E-state index >= 15 is 0 Å². The fraction of sp³-hybridized carbons (Fsp3) is 0.273. The molecule has 0 spiro atoms. The summed E-state index contributed by atoms with van der Waals surface area (Å²) in [5.41, 5.74) is 6.22. The van der Waals surface area contributed by atoms with Crippen molar-refractivity contribution in [1.29, 1.82) is 0 Å². The number of nitrogens with two attached hydrogens (primary N) is 1. The zero-order valence-electron chi connectivity index (χ0n) is 9.07. The molecule has 0 aliphatic rings. The van der Waals surface area contributed by atoms with Gasteiger partial charge in [0.1, 0.15) is 0 Å². The molecule has 84 valence electrons. The van der Waals surface area contributed by atoms with Gasteiger partial charge in [0, 0.05) is 9.13 Å². The first kappa shape index (κ1) is 11.5. The highest BCUT2D eigenvalue weighted by Gasteiger charge is 2.21. The van der Waals surface area contributed by atoms with E-state index < -0.39 is 5.54 Å². The number of halogens is 1. The van der Waals surface area contributed by atoms with Crippen molar-refractivity contribution in [2.24, 2.45) is 5.73 Å². The molecular formula is C11H12IN3O. The fourth-order valence-electron chi connectivity index (χ4n) is 1.22. The van der Waals surface area contributed by atoms with Gasteiger partial charge < -0.3 is 10.3 Å². The number of hydrogen-bond donors (Lipinski definition) is 1. The van der Waals surface area contributed by atoms with Crippen molar-refractivity contribution >= 4 is 22.6 Å². The van der Waals surface area contributed by atoms with E-state index in [0.717, 1.165) is 9.13 Å². The van der Waals surface area contributed by atoms with Crippen molar-refractivity contribution < 1.29 is 4.52 Å². The molecule has 0 aliphatic heterocycles. The summed E-state index contributed by atoms with van der Waals surface area (Å²) >= 11 is 2.24. The van der Waals surface area contributed by atoms with Crippen LogP contribution in [0.3, 0.4) is 0 Å². The molecule has 16 heavy (non-hydrogen) atoms. The Morgan fingerprint density at radius 3 is 2.69 bits per heavy atom. The van der Waals surface area contributed by atoms with E-state index in [-0.39, 0.29) is 0 Å². The number of hydrogen-bond acceptors (Lipinski definition) is 4. The van der Waals surface area contributed by atoms with E-state index in [9.17, 15) is 0 Å². The molecule has 2 rings (SSSR count). The van der Waals surface area contributed by atoms with Gasteiger partial charge >= 0.3 is 0 Å². The molecule has 5 heteroatoms. The Bertz CT molecular complexity index is 502. The summed E-state index contributed by atoms with van der Waals surface area (Å²) in [4.78, 5) is 4.29. The molecule has 1 heterocycles. The SMILES string of the molecule is CC(C)(N)c1noc(-c2cccc(I)c2)n1. The third-order valence-electron chi connectivity index (χ3n) is 2.07. The van der Waals surface area contributed by atoms with Crippen LogP contribution < -0.4 is 5.73 Å². The lowest BCUT2D eigenvalue weighted by atomic mass is 10.1. The predicted molar refractivity (Wildman–Crippen MR) is 69.7 cm³/mol. The Morgan fingerprint density at radius 1 is 1.38 bits per heavy atom. The molecule has 4 nitrogen and oxygen atoms in total. The van der Waals surface area contributed by atoms with Crippen molar-refractivity contribution in [3.05, 3.63) is 33.7 Å². The maximum Gasteiger partial charge on any atom is 0.258 e. The first-order valence-corrected chi connectivity index (χ1v) is 5.94. The summed E-state index contributed by atoms with van der Waals surface area (Å²) in [6.45, 7) is 3.69. The van der Waals surface area contributed by atoms with Gasteiger partial charge in [0.15, 0.2) is 5.82 Å². The average molecular weight is 329 g/mol. The summed E-state index contributed by atoms with van der Waals surface area (Å²) in [6.07, 6.45) is 0. The second-order valence-electron chi connectivity index (χ2n) is 4.16. The van der Waals surface area contributed by atoms with Crippen LogP contribution in [-0.4, -0.2) is 10.1 Å². The van der Waals surface area contributed by atoms with Crippen LogP contribution in [0.2, 0.25) is 0 Å². The molecular weight excluding hydrogens is 317 g/mol. The maximum absolute atomic E-state index is 5.89. The molecule has 0 atom stereocenters. The molecule has 0 radical (unpaired) electrons. The monoisotopic (exact) mass is 329 g/mol. The quantitative estimate of drug-likeness (QED) is 0.860. The normalized spacial score (nSPS) is 11.8. The second kappa shape index (κ2) is 4.14. The molecule has 2 N–H and O–H groups in total. The van der Waals surface area contributed by atoms with Gasteiger partial charge in [-0.2, -0.15) is 4.98 Å². The molecule has 1 aromatic carbocycles. The van der Waals surface area contributed by atoms with Gasteiger partial charge in [-0.1, -0.05) is 11.2 Å². The van der Waals surface area contributed by atoms with E-state index in [4.69, 9.17) is 10.3 Å². The van der Waals surface area contributed by atoms with Crippen molar-refractivity contribution in [3.8, 4) is 11.5 Å². The summed E-state index contributed by atoms with van der Waals surface area (Å²) in [6, 6.07) is 7.88. The molecule has 0 saturated heterocycles. The zero-order valence-corrected chi connectivity index (χ0v) is 11.2.